The highest BCUT2D eigenvalue weighted by Crippen LogP contribution is 2.36. The Hall–Kier alpha value is -4.06. The highest BCUT2D eigenvalue weighted by atomic mass is 19.4. The van der Waals surface area contributed by atoms with E-state index in [0.717, 1.165) is 10.6 Å². The second-order valence-corrected chi connectivity index (χ2v) is 6.58. The van der Waals surface area contributed by atoms with Crippen LogP contribution < -0.4 is 9.47 Å². The molecule has 31 heavy (non-hydrogen) atoms. The van der Waals surface area contributed by atoms with Gasteiger partial charge in [0, 0.05) is 17.2 Å². The standard InChI is InChI=1S/C22H15F3N4O2/c1-30-18-8-7-15(9-19(18)31-2)16-10-20(22(23,24)25)29-21(27-16)11-17(28-29)14-5-3-13(12-26)4-6-14/h3-11H,1-2H3. The molecule has 9 heteroatoms. The SMILES string of the molecule is COc1ccc(-c2cc(C(F)(F)F)n3nc(-c4ccc(C#N)cc4)cc3n2)cc1OC. The molecule has 0 bridgehead atoms. The van der Waals surface area contributed by atoms with Crippen molar-refractivity contribution in [2.24, 2.45) is 0 Å². The molecule has 0 saturated carbocycles. The molecular formula is C22H15F3N4O2. The highest BCUT2D eigenvalue weighted by Gasteiger charge is 2.35. The first-order chi connectivity index (χ1) is 14.8. The fourth-order valence-corrected chi connectivity index (χ4v) is 3.18. The molecule has 0 fully saturated rings. The third-order valence-electron chi connectivity index (χ3n) is 4.71. The number of halogens is 3. The summed E-state index contributed by atoms with van der Waals surface area (Å²) in [6.45, 7) is 0. The van der Waals surface area contributed by atoms with Crippen molar-refractivity contribution in [3.8, 4) is 40.1 Å². The van der Waals surface area contributed by atoms with Crippen molar-refractivity contribution in [2.45, 2.75) is 6.18 Å². The van der Waals surface area contributed by atoms with Crippen molar-refractivity contribution in [3.63, 3.8) is 0 Å². The summed E-state index contributed by atoms with van der Waals surface area (Å²) < 4.78 is 52.7. The van der Waals surface area contributed by atoms with Crippen LogP contribution in [0.15, 0.2) is 54.6 Å². The van der Waals surface area contributed by atoms with Gasteiger partial charge in [-0.05, 0) is 36.4 Å². The van der Waals surface area contributed by atoms with Crippen molar-refractivity contribution in [3.05, 3.63) is 65.9 Å². The second kappa shape index (κ2) is 7.65. The number of methoxy groups -OCH3 is 2. The maximum Gasteiger partial charge on any atom is 0.433 e. The van der Waals surface area contributed by atoms with Gasteiger partial charge in [0.1, 0.15) is 0 Å². The molecular weight excluding hydrogens is 409 g/mol. The van der Waals surface area contributed by atoms with Crippen LogP contribution in [0.25, 0.3) is 28.2 Å². The fraction of sp³-hybridized carbons (Fsp3) is 0.136. The van der Waals surface area contributed by atoms with E-state index in [1.807, 2.05) is 6.07 Å². The number of fused-ring (bicyclic) bond motifs is 1. The summed E-state index contributed by atoms with van der Waals surface area (Å²) in [5.41, 5.74) is 0.967. The summed E-state index contributed by atoms with van der Waals surface area (Å²) in [7, 11) is 2.92. The van der Waals surface area contributed by atoms with Crippen molar-refractivity contribution in [1.29, 1.82) is 5.26 Å². The number of ether oxygens (including phenoxy) is 2. The molecule has 2 aromatic carbocycles. The van der Waals surface area contributed by atoms with Crippen LogP contribution in [0.4, 0.5) is 13.2 Å². The molecule has 2 heterocycles. The van der Waals surface area contributed by atoms with Gasteiger partial charge in [-0.1, -0.05) is 12.1 Å². The highest BCUT2D eigenvalue weighted by molar-refractivity contribution is 5.70. The van der Waals surface area contributed by atoms with E-state index >= 15 is 0 Å². The number of rotatable bonds is 4. The summed E-state index contributed by atoms with van der Waals surface area (Å²) in [6.07, 6.45) is -4.65. The first-order valence-corrected chi connectivity index (χ1v) is 9.05. The molecule has 4 aromatic rings. The lowest BCUT2D eigenvalue weighted by molar-refractivity contribution is -0.142. The maximum atomic E-state index is 13.8. The van der Waals surface area contributed by atoms with E-state index in [-0.39, 0.29) is 11.3 Å². The molecule has 0 saturated heterocycles. The lowest BCUT2D eigenvalue weighted by Crippen LogP contribution is -2.13. The zero-order chi connectivity index (χ0) is 22.2. The molecule has 0 N–H and O–H groups in total. The van der Waals surface area contributed by atoms with E-state index in [0.29, 0.717) is 33.9 Å². The smallest absolute Gasteiger partial charge is 0.433 e. The molecule has 6 nitrogen and oxygen atoms in total. The average molecular weight is 424 g/mol. The number of alkyl halides is 3. The average Bonchev–Trinajstić information content (AvgIpc) is 3.21. The van der Waals surface area contributed by atoms with Crippen molar-refractivity contribution >= 4 is 5.65 Å². The molecule has 0 aliphatic heterocycles. The largest absolute Gasteiger partial charge is 0.493 e. The second-order valence-electron chi connectivity index (χ2n) is 6.58. The van der Waals surface area contributed by atoms with Crippen molar-refractivity contribution in [2.75, 3.05) is 14.2 Å². The van der Waals surface area contributed by atoms with Gasteiger partial charge in [0.2, 0.25) is 0 Å². The van der Waals surface area contributed by atoms with Crippen molar-refractivity contribution < 1.29 is 22.6 Å². The predicted octanol–water partition coefficient (Wildman–Crippen LogP) is 4.97. The van der Waals surface area contributed by atoms with Gasteiger partial charge < -0.3 is 9.47 Å². The maximum absolute atomic E-state index is 13.8. The number of aromatic nitrogens is 3. The molecule has 156 valence electrons. The van der Waals surface area contributed by atoms with Crippen LogP contribution in [0, 0.1) is 11.3 Å². The Morgan fingerprint density at radius 3 is 2.16 bits per heavy atom. The monoisotopic (exact) mass is 424 g/mol. The first-order valence-electron chi connectivity index (χ1n) is 9.05. The Kier molecular flexibility index (Phi) is 4.99. The van der Waals surface area contributed by atoms with Gasteiger partial charge in [0.05, 0.1) is 37.2 Å². The predicted molar refractivity (Wildman–Crippen MR) is 107 cm³/mol. The third-order valence-corrected chi connectivity index (χ3v) is 4.71. The molecule has 0 unspecified atom stereocenters. The summed E-state index contributed by atoms with van der Waals surface area (Å²) in [6, 6.07) is 15.6. The molecule has 0 atom stereocenters. The van der Waals surface area contributed by atoms with Crippen LogP contribution >= 0.6 is 0 Å². The van der Waals surface area contributed by atoms with E-state index in [1.165, 1.54) is 20.3 Å². The molecule has 4 rings (SSSR count). The topological polar surface area (TPSA) is 72.4 Å². The van der Waals surface area contributed by atoms with E-state index in [9.17, 15) is 13.2 Å². The number of hydrogen-bond donors (Lipinski definition) is 0. The number of benzene rings is 2. The van der Waals surface area contributed by atoms with Gasteiger partial charge in [0.25, 0.3) is 0 Å². The minimum Gasteiger partial charge on any atom is -0.493 e. The Bertz CT molecular complexity index is 1310. The first kappa shape index (κ1) is 20.2. The zero-order valence-corrected chi connectivity index (χ0v) is 16.4. The van der Waals surface area contributed by atoms with Crippen LogP contribution in [0.5, 0.6) is 11.5 Å². The normalized spacial score (nSPS) is 11.4. The zero-order valence-electron chi connectivity index (χ0n) is 16.4. The Morgan fingerprint density at radius 1 is 0.871 bits per heavy atom. The minimum atomic E-state index is -4.65. The number of hydrogen-bond acceptors (Lipinski definition) is 5. The van der Waals surface area contributed by atoms with Gasteiger partial charge in [-0.3, -0.25) is 0 Å². The summed E-state index contributed by atoms with van der Waals surface area (Å²) in [4.78, 5) is 4.38. The Balaban J connectivity index is 1.89. The van der Waals surface area contributed by atoms with Gasteiger partial charge in [0.15, 0.2) is 22.8 Å². The third kappa shape index (κ3) is 3.75. The Morgan fingerprint density at radius 2 is 1.55 bits per heavy atom. The summed E-state index contributed by atoms with van der Waals surface area (Å²) >= 11 is 0. The quantitative estimate of drug-likeness (QED) is 0.463. The molecule has 0 spiro atoms. The lowest BCUT2D eigenvalue weighted by Gasteiger charge is -2.12. The van der Waals surface area contributed by atoms with Gasteiger partial charge in [-0.25, -0.2) is 9.50 Å². The minimum absolute atomic E-state index is 0.0407. The molecule has 2 aromatic heterocycles. The lowest BCUT2D eigenvalue weighted by atomic mass is 10.1. The van der Waals surface area contributed by atoms with Gasteiger partial charge >= 0.3 is 6.18 Å². The van der Waals surface area contributed by atoms with E-state index in [1.54, 1.807) is 42.5 Å². The molecule has 0 aliphatic carbocycles. The van der Waals surface area contributed by atoms with Gasteiger partial charge in [-0.15, -0.1) is 0 Å². The van der Waals surface area contributed by atoms with E-state index in [2.05, 4.69) is 10.1 Å². The van der Waals surface area contributed by atoms with Crippen LogP contribution in [-0.2, 0) is 6.18 Å². The van der Waals surface area contributed by atoms with Crippen LogP contribution in [0.1, 0.15) is 11.3 Å². The molecule has 0 radical (unpaired) electrons. The Labute approximate surface area is 175 Å². The molecule has 0 amide bonds. The van der Waals surface area contributed by atoms with E-state index in [4.69, 9.17) is 14.7 Å². The van der Waals surface area contributed by atoms with Crippen LogP contribution in [0.2, 0.25) is 0 Å². The van der Waals surface area contributed by atoms with E-state index < -0.39 is 11.9 Å². The molecule has 0 aliphatic rings. The number of nitriles is 1. The summed E-state index contributed by atoms with van der Waals surface area (Å²) in [5.74, 6) is 0.831. The number of nitrogens with zero attached hydrogens (tertiary/aromatic N) is 4. The van der Waals surface area contributed by atoms with Gasteiger partial charge in [-0.2, -0.15) is 23.5 Å². The summed E-state index contributed by atoms with van der Waals surface area (Å²) in [5, 5.41) is 13.0. The van der Waals surface area contributed by atoms with Crippen LogP contribution in [0.3, 0.4) is 0 Å². The van der Waals surface area contributed by atoms with Crippen LogP contribution in [-0.4, -0.2) is 28.8 Å². The van der Waals surface area contributed by atoms with Crippen molar-refractivity contribution in [1.82, 2.24) is 14.6 Å². The fourth-order valence-electron chi connectivity index (χ4n) is 3.18.